The van der Waals surface area contributed by atoms with Crippen molar-refractivity contribution in [3.05, 3.63) is 11.6 Å². The molecule has 20 heavy (non-hydrogen) atoms. The molecule has 2 rings (SSSR count). The SMILES string of the molecule is CC(=O)N1CCC2C(C=C(C=O)C(=O)C2(C)C)C1.CN. The number of piperidine rings is 1. The summed E-state index contributed by atoms with van der Waals surface area (Å²) < 4.78 is 0. The zero-order valence-corrected chi connectivity index (χ0v) is 12.7. The summed E-state index contributed by atoms with van der Waals surface area (Å²) in [5, 5.41) is 0. The summed E-state index contributed by atoms with van der Waals surface area (Å²) >= 11 is 0. The Bertz CT molecular complexity index is 440. The van der Waals surface area contributed by atoms with Crippen molar-refractivity contribution in [1.82, 2.24) is 4.90 Å². The molecule has 5 heteroatoms. The molecule has 1 amide bonds. The predicted molar refractivity (Wildman–Crippen MR) is 76.9 cm³/mol. The van der Waals surface area contributed by atoms with Gasteiger partial charge in [-0.2, -0.15) is 0 Å². The van der Waals surface area contributed by atoms with E-state index in [1.165, 1.54) is 7.05 Å². The van der Waals surface area contributed by atoms with E-state index in [0.29, 0.717) is 19.4 Å². The van der Waals surface area contributed by atoms with Crippen LogP contribution in [-0.4, -0.2) is 43.0 Å². The van der Waals surface area contributed by atoms with Crippen molar-refractivity contribution < 1.29 is 14.4 Å². The molecule has 1 fully saturated rings. The smallest absolute Gasteiger partial charge is 0.219 e. The van der Waals surface area contributed by atoms with Gasteiger partial charge in [0.25, 0.3) is 0 Å². The maximum absolute atomic E-state index is 12.2. The highest BCUT2D eigenvalue weighted by molar-refractivity contribution is 6.14. The molecule has 0 aromatic carbocycles. The number of fused-ring (bicyclic) bond motifs is 1. The number of carbonyl (C=O) groups excluding carboxylic acids is 3. The van der Waals surface area contributed by atoms with Gasteiger partial charge in [-0.15, -0.1) is 0 Å². The summed E-state index contributed by atoms with van der Waals surface area (Å²) in [6.45, 7) is 6.70. The van der Waals surface area contributed by atoms with Gasteiger partial charge in [0.15, 0.2) is 12.1 Å². The van der Waals surface area contributed by atoms with Crippen LogP contribution in [0.25, 0.3) is 0 Å². The van der Waals surface area contributed by atoms with Crippen LogP contribution in [0.4, 0.5) is 0 Å². The van der Waals surface area contributed by atoms with Crippen molar-refractivity contribution in [2.75, 3.05) is 20.1 Å². The third-order valence-electron chi connectivity index (χ3n) is 4.40. The molecule has 0 radical (unpaired) electrons. The summed E-state index contributed by atoms with van der Waals surface area (Å²) in [5.74, 6) is 0.346. The lowest BCUT2D eigenvalue weighted by atomic mass is 9.61. The number of nitrogens with two attached hydrogens (primary N) is 1. The van der Waals surface area contributed by atoms with Crippen LogP contribution in [0.15, 0.2) is 11.6 Å². The number of hydrogen-bond donors (Lipinski definition) is 1. The molecule has 1 heterocycles. The second-order valence-corrected chi connectivity index (χ2v) is 5.81. The Kier molecular flexibility index (Phi) is 5.22. The maximum atomic E-state index is 12.2. The van der Waals surface area contributed by atoms with E-state index in [-0.39, 0.29) is 29.1 Å². The average molecular weight is 280 g/mol. The Morgan fingerprint density at radius 2 is 2.05 bits per heavy atom. The molecular formula is C15H24N2O3. The second-order valence-electron chi connectivity index (χ2n) is 5.81. The van der Waals surface area contributed by atoms with Crippen LogP contribution in [0.3, 0.4) is 0 Å². The zero-order valence-electron chi connectivity index (χ0n) is 12.7. The normalized spacial score (nSPS) is 27.8. The van der Waals surface area contributed by atoms with E-state index >= 15 is 0 Å². The van der Waals surface area contributed by atoms with Gasteiger partial charge in [0.1, 0.15) is 0 Å². The predicted octanol–water partition coefficient (Wildman–Crippen LogP) is 0.780. The molecule has 2 aliphatic rings. The quantitative estimate of drug-likeness (QED) is 0.568. The van der Waals surface area contributed by atoms with Crippen molar-refractivity contribution in [3.63, 3.8) is 0 Å². The Hall–Kier alpha value is -1.49. The molecule has 112 valence electrons. The highest BCUT2D eigenvalue weighted by Gasteiger charge is 2.47. The zero-order chi connectivity index (χ0) is 15.5. The number of carbonyl (C=O) groups is 3. The molecule has 1 saturated heterocycles. The molecular weight excluding hydrogens is 256 g/mol. The first-order valence-corrected chi connectivity index (χ1v) is 6.93. The number of amides is 1. The minimum absolute atomic E-state index is 0.0595. The van der Waals surface area contributed by atoms with Gasteiger partial charge >= 0.3 is 0 Å². The van der Waals surface area contributed by atoms with Crippen LogP contribution in [0.2, 0.25) is 0 Å². The van der Waals surface area contributed by atoms with E-state index < -0.39 is 5.41 Å². The van der Waals surface area contributed by atoms with E-state index in [0.717, 1.165) is 6.42 Å². The summed E-state index contributed by atoms with van der Waals surface area (Å²) in [6.07, 6.45) is 3.24. The van der Waals surface area contributed by atoms with Gasteiger partial charge in [0, 0.05) is 25.4 Å². The first-order valence-electron chi connectivity index (χ1n) is 6.93. The minimum atomic E-state index is -0.501. The Morgan fingerprint density at radius 3 is 2.55 bits per heavy atom. The van der Waals surface area contributed by atoms with E-state index in [1.807, 2.05) is 13.8 Å². The number of hydrogen-bond acceptors (Lipinski definition) is 4. The van der Waals surface area contributed by atoms with Crippen molar-refractivity contribution in [2.45, 2.75) is 27.2 Å². The largest absolute Gasteiger partial charge is 0.342 e. The van der Waals surface area contributed by atoms with Crippen LogP contribution >= 0.6 is 0 Å². The van der Waals surface area contributed by atoms with Crippen molar-refractivity contribution in [2.24, 2.45) is 23.0 Å². The number of likely N-dealkylation sites (tertiary alicyclic amines) is 1. The topological polar surface area (TPSA) is 80.5 Å². The molecule has 0 spiro atoms. The van der Waals surface area contributed by atoms with Crippen molar-refractivity contribution >= 4 is 18.0 Å². The summed E-state index contributed by atoms with van der Waals surface area (Å²) in [7, 11) is 1.50. The number of ketones is 1. The summed E-state index contributed by atoms with van der Waals surface area (Å²) in [5.41, 5.74) is 4.27. The lowest BCUT2D eigenvalue weighted by Gasteiger charge is -2.46. The third kappa shape index (κ3) is 2.82. The highest BCUT2D eigenvalue weighted by Crippen LogP contribution is 2.44. The van der Waals surface area contributed by atoms with Gasteiger partial charge < -0.3 is 10.6 Å². The molecule has 2 N–H and O–H groups in total. The lowest BCUT2D eigenvalue weighted by molar-refractivity contribution is -0.135. The van der Waals surface area contributed by atoms with Gasteiger partial charge in [-0.25, -0.2) is 0 Å². The van der Waals surface area contributed by atoms with Crippen LogP contribution < -0.4 is 5.73 Å². The maximum Gasteiger partial charge on any atom is 0.219 e. The number of nitrogens with zero attached hydrogens (tertiary/aromatic N) is 1. The highest BCUT2D eigenvalue weighted by atomic mass is 16.2. The second kappa shape index (κ2) is 6.31. The lowest BCUT2D eigenvalue weighted by Crippen LogP contribution is -2.51. The van der Waals surface area contributed by atoms with Crippen LogP contribution in [0.5, 0.6) is 0 Å². The molecule has 0 aromatic heterocycles. The van der Waals surface area contributed by atoms with E-state index in [1.54, 1.807) is 17.9 Å². The third-order valence-corrected chi connectivity index (χ3v) is 4.40. The first-order chi connectivity index (χ1) is 9.37. The van der Waals surface area contributed by atoms with Gasteiger partial charge in [-0.1, -0.05) is 19.9 Å². The first kappa shape index (κ1) is 16.6. The van der Waals surface area contributed by atoms with Crippen LogP contribution in [0, 0.1) is 17.3 Å². The standard InChI is InChI=1S/C14H19NO3.CH5N/c1-9(17)15-5-4-12-10(7-15)6-11(8-16)13(18)14(12,2)3;1-2/h6,8,10,12H,4-5,7H2,1-3H3;2H2,1H3. The molecule has 0 bridgehead atoms. The molecule has 5 nitrogen and oxygen atoms in total. The molecule has 0 saturated carbocycles. The summed E-state index contributed by atoms with van der Waals surface area (Å²) in [6, 6.07) is 0. The van der Waals surface area contributed by atoms with E-state index in [4.69, 9.17) is 0 Å². The van der Waals surface area contributed by atoms with Crippen molar-refractivity contribution in [3.8, 4) is 0 Å². The molecule has 1 aliphatic carbocycles. The molecule has 2 unspecified atom stereocenters. The van der Waals surface area contributed by atoms with E-state index in [2.05, 4.69) is 5.73 Å². The van der Waals surface area contributed by atoms with Crippen LogP contribution in [0.1, 0.15) is 27.2 Å². The number of allylic oxidation sites excluding steroid dienone is 1. The number of aldehydes is 1. The van der Waals surface area contributed by atoms with Gasteiger partial charge in [-0.3, -0.25) is 14.4 Å². The van der Waals surface area contributed by atoms with Crippen molar-refractivity contribution in [1.29, 1.82) is 0 Å². The summed E-state index contributed by atoms with van der Waals surface area (Å²) in [4.78, 5) is 36.4. The molecule has 0 aromatic rings. The van der Waals surface area contributed by atoms with Gasteiger partial charge in [0.2, 0.25) is 5.91 Å². The van der Waals surface area contributed by atoms with Crippen LogP contribution in [-0.2, 0) is 14.4 Å². The molecule has 2 atom stereocenters. The monoisotopic (exact) mass is 280 g/mol. The van der Waals surface area contributed by atoms with E-state index in [9.17, 15) is 14.4 Å². The number of Topliss-reactive ketones (excluding diaryl/α,β-unsaturated/α-hetero) is 1. The minimum Gasteiger partial charge on any atom is -0.342 e. The van der Waals surface area contributed by atoms with Gasteiger partial charge in [0.05, 0.1) is 5.57 Å². The fourth-order valence-corrected chi connectivity index (χ4v) is 3.27. The van der Waals surface area contributed by atoms with Gasteiger partial charge in [-0.05, 0) is 25.3 Å². The Morgan fingerprint density at radius 1 is 1.45 bits per heavy atom. The fraction of sp³-hybridized carbons (Fsp3) is 0.667. The molecule has 1 aliphatic heterocycles. The number of rotatable bonds is 1. The fourth-order valence-electron chi connectivity index (χ4n) is 3.27. The Balaban J connectivity index is 0.000000956. The average Bonchev–Trinajstić information content (AvgIpc) is 2.44. The Labute approximate surface area is 120 Å².